The molecule has 2 aliphatic rings. The molecule has 2 fully saturated rings. The van der Waals surface area contributed by atoms with E-state index in [1.807, 2.05) is 36.9 Å². The molecule has 1 atom stereocenters. The summed E-state index contributed by atoms with van der Waals surface area (Å²) in [6.07, 6.45) is 4.45. The summed E-state index contributed by atoms with van der Waals surface area (Å²) in [4.78, 5) is 29.5. The predicted octanol–water partition coefficient (Wildman–Crippen LogP) is 2.60. The summed E-state index contributed by atoms with van der Waals surface area (Å²) in [7, 11) is 0. The number of carbonyl (C=O) groups is 2. The predicted molar refractivity (Wildman–Crippen MR) is 108 cm³/mol. The Labute approximate surface area is 162 Å². The van der Waals surface area contributed by atoms with Gasteiger partial charge >= 0.3 is 6.03 Å². The van der Waals surface area contributed by atoms with Crippen LogP contribution in [0.15, 0.2) is 30.3 Å². The summed E-state index contributed by atoms with van der Waals surface area (Å²) in [5.74, 6) is 0.00846. The highest BCUT2D eigenvalue weighted by atomic mass is 16.2. The first kappa shape index (κ1) is 19.5. The van der Waals surface area contributed by atoms with Crippen LogP contribution in [0, 0.1) is 5.92 Å². The molecule has 6 nitrogen and oxygen atoms in total. The highest BCUT2D eigenvalue weighted by Gasteiger charge is 2.29. The van der Waals surface area contributed by atoms with Crippen molar-refractivity contribution in [3.8, 4) is 0 Å². The zero-order chi connectivity index (χ0) is 19.2. The summed E-state index contributed by atoms with van der Waals surface area (Å²) in [6, 6.07) is 9.92. The van der Waals surface area contributed by atoms with Gasteiger partial charge in [0.15, 0.2) is 0 Å². The number of anilines is 1. The molecule has 1 saturated carbocycles. The van der Waals surface area contributed by atoms with E-state index in [-0.39, 0.29) is 23.9 Å². The van der Waals surface area contributed by atoms with Gasteiger partial charge in [-0.1, -0.05) is 44.9 Å². The molecule has 3 amide bonds. The van der Waals surface area contributed by atoms with Crippen molar-refractivity contribution in [1.82, 2.24) is 15.5 Å². The van der Waals surface area contributed by atoms with Crippen molar-refractivity contribution in [3.63, 3.8) is 0 Å². The van der Waals surface area contributed by atoms with Gasteiger partial charge in [0.1, 0.15) is 6.04 Å². The Bertz CT molecular complexity index is 620. The fourth-order valence-corrected chi connectivity index (χ4v) is 3.93. The first-order valence-electron chi connectivity index (χ1n) is 10.2. The second-order valence-corrected chi connectivity index (χ2v) is 7.97. The average Bonchev–Trinajstić information content (AvgIpc) is 3.19. The molecule has 1 aromatic carbocycles. The van der Waals surface area contributed by atoms with Gasteiger partial charge in [-0.15, -0.1) is 0 Å². The molecule has 0 spiro atoms. The third kappa shape index (κ3) is 5.15. The van der Waals surface area contributed by atoms with Gasteiger partial charge in [0, 0.05) is 37.9 Å². The SMILES string of the molecule is CC(C)C(NC(=O)N1CCN(c2ccccc2)CC1)C(=O)NC1CCCC1. The molecular formula is C21H32N4O2. The number of carbonyl (C=O) groups excluding carboxylic acids is 2. The number of amides is 3. The molecule has 1 aliphatic carbocycles. The lowest BCUT2D eigenvalue weighted by Crippen LogP contribution is -2.57. The molecule has 3 rings (SSSR count). The monoisotopic (exact) mass is 372 g/mol. The molecule has 1 aliphatic heterocycles. The molecule has 1 heterocycles. The van der Waals surface area contributed by atoms with E-state index in [0.717, 1.165) is 25.9 Å². The van der Waals surface area contributed by atoms with E-state index in [9.17, 15) is 9.59 Å². The molecule has 1 aromatic rings. The summed E-state index contributed by atoms with van der Waals surface area (Å²) < 4.78 is 0. The first-order valence-corrected chi connectivity index (χ1v) is 10.2. The standard InChI is InChI=1S/C21H32N4O2/c1-16(2)19(20(26)22-17-8-6-7-9-17)23-21(27)25-14-12-24(13-15-25)18-10-4-3-5-11-18/h3-5,10-11,16-17,19H,6-9,12-15H2,1-2H3,(H,22,26)(H,23,27). The van der Waals surface area contributed by atoms with E-state index >= 15 is 0 Å². The Morgan fingerprint density at radius 3 is 2.22 bits per heavy atom. The van der Waals surface area contributed by atoms with Gasteiger partial charge in [-0.25, -0.2) is 4.79 Å². The van der Waals surface area contributed by atoms with Crippen LogP contribution in [-0.4, -0.2) is 55.1 Å². The van der Waals surface area contributed by atoms with Crippen molar-refractivity contribution >= 4 is 17.6 Å². The number of nitrogens with one attached hydrogen (secondary N) is 2. The van der Waals surface area contributed by atoms with Gasteiger partial charge in [0.2, 0.25) is 5.91 Å². The van der Waals surface area contributed by atoms with Gasteiger partial charge in [0.05, 0.1) is 0 Å². The van der Waals surface area contributed by atoms with E-state index < -0.39 is 6.04 Å². The maximum atomic E-state index is 12.7. The molecule has 1 unspecified atom stereocenters. The Kier molecular flexibility index (Phi) is 6.58. The van der Waals surface area contributed by atoms with Crippen molar-refractivity contribution < 1.29 is 9.59 Å². The minimum absolute atomic E-state index is 0.0480. The van der Waals surface area contributed by atoms with Crippen LogP contribution in [0.3, 0.4) is 0 Å². The molecule has 1 saturated heterocycles. The molecule has 2 N–H and O–H groups in total. The van der Waals surface area contributed by atoms with Crippen LogP contribution in [0.25, 0.3) is 0 Å². The fraction of sp³-hybridized carbons (Fsp3) is 0.619. The number of piperazine rings is 1. The third-order valence-corrected chi connectivity index (χ3v) is 5.62. The maximum absolute atomic E-state index is 12.7. The third-order valence-electron chi connectivity index (χ3n) is 5.62. The van der Waals surface area contributed by atoms with Crippen molar-refractivity contribution in [1.29, 1.82) is 0 Å². The number of benzene rings is 1. The Morgan fingerprint density at radius 2 is 1.63 bits per heavy atom. The van der Waals surface area contributed by atoms with Crippen molar-refractivity contribution in [2.45, 2.75) is 51.6 Å². The second kappa shape index (κ2) is 9.11. The number of urea groups is 1. The molecule has 27 heavy (non-hydrogen) atoms. The van der Waals surface area contributed by atoms with Gasteiger partial charge in [-0.3, -0.25) is 4.79 Å². The smallest absolute Gasteiger partial charge is 0.318 e. The Hall–Kier alpha value is -2.24. The minimum atomic E-state index is -0.481. The van der Waals surface area contributed by atoms with Gasteiger partial charge in [-0.2, -0.15) is 0 Å². The lowest BCUT2D eigenvalue weighted by Gasteiger charge is -2.37. The molecular weight excluding hydrogens is 340 g/mol. The summed E-state index contributed by atoms with van der Waals surface area (Å²) in [5, 5.41) is 6.09. The lowest BCUT2D eigenvalue weighted by molar-refractivity contribution is -0.124. The minimum Gasteiger partial charge on any atom is -0.368 e. The number of hydrogen-bond acceptors (Lipinski definition) is 3. The molecule has 0 bridgehead atoms. The largest absolute Gasteiger partial charge is 0.368 e. The van der Waals surface area contributed by atoms with Crippen LogP contribution in [0.4, 0.5) is 10.5 Å². The lowest BCUT2D eigenvalue weighted by atomic mass is 10.0. The topological polar surface area (TPSA) is 64.7 Å². The van der Waals surface area contributed by atoms with Gasteiger partial charge in [0.25, 0.3) is 0 Å². The Morgan fingerprint density at radius 1 is 1.00 bits per heavy atom. The molecule has 148 valence electrons. The molecule has 0 aromatic heterocycles. The summed E-state index contributed by atoms with van der Waals surface area (Å²) >= 11 is 0. The molecule has 0 radical (unpaired) electrons. The number of nitrogens with zero attached hydrogens (tertiary/aromatic N) is 2. The van der Waals surface area contributed by atoms with Crippen LogP contribution < -0.4 is 15.5 Å². The van der Waals surface area contributed by atoms with E-state index in [1.54, 1.807) is 0 Å². The highest BCUT2D eigenvalue weighted by Crippen LogP contribution is 2.18. The van der Waals surface area contributed by atoms with Crippen molar-refractivity contribution in [2.75, 3.05) is 31.1 Å². The quantitative estimate of drug-likeness (QED) is 0.835. The maximum Gasteiger partial charge on any atom is 0.318 e. The van der Waals surface area contributed by atoms with E-state index in [2.05, 4.69) is 27.7 Å². The number of hydrogen-bond donors (Lipinski definition) is 2. The second-order valence-electron chi connectivity index (χ2n) is 7.97. The Balaban J connectivity index is 1.51. The average molecular weight is 373 g/mol. The van der Waals surface area contributed by atoms with Crippen molar-refractivity contribution in [2.24, 2.45) is 5.92 Å². The number of rotatable bonds is 5. The van der Waals surface area contributed by atoms with Crippen molar-refractivity contribution in [3.05, 3.63) is 30.3 Å². The van der Waals surface area contributed by atoms with Crippen LogP contribution in [0.2, 0.25) is 0 Å². The van der Waals surface area contributed by atoms with Crippen LogP contribution >= 0.6 is 0 Å². The normalized spacial score (nSPS) is 19.2. The van der Waals surface area contributed by atoms with Gasteiger partial charge in [-0.05, 0) is 30.9 Å². The molecule has 6 heteroatoms. The van der Waals surface area contributed by atoms with E-state index in [0.29, 0.717) is 13.1 Å². The zero-order valence-electron chi connectivity index (χ0n) is 16.5. The van der Waals surface area contributed by atoms with E-state index in [1.165, 1.54) is 18.5 Å². The number of para-hydroxylation sites is 1. The van der Waals surface area contributed by atoms with Crippen LogP contribution in [-0.2, 0) is 4.79 Å². The van der Waals surface area contributed by atoms with Crippen LogP contribution in [0.1, 0.15) is 39.5 Å². The zero-order valence-corrected chi connectivity index (χ0v) is 16.5. The summed E-state index contributed by atoms with van der Waals surface area (Å²) in [6.45, 7) is 6.89. The van der Waals surface area contributed by atoms with Gasteiger partial charge < -0.3 is 20.4 Å². The van der Waals surface area contributed by atoms with Crippen LogP contribution in [0.5, 0.6) is 0 Å². The first-order chi connectivity index (χ1) is 13.0. The van der Waals surface area contributed by atoms with E-state index in [4.69, 9.17) is 0 Å². The fourth-order valence-electron chi connectivity index (χ4n) is 3.93. The summed E-state index contributed by atoms with van der Waals surface area (Å²) in [5.41, 5.74) is 1.19. The highest BCUT2D eigenvalue weighted by molar-refractivity contribution is 5.87.